The van der Waals surface area contributed by atoms with Gasteiger partial charge in [-0.05, 0) is 30.2 Å². The molecule has 17 heavy (non-hydrogen) atoms. The Hall–Kier alpha value is -0.870. The van der Waals surface area contributed by atoms with Crippen molar-refractivity contribution >= 4 is 17.2 Å². The highest BCUT2D eigenvalue weighted by Crippen LogP contribution is 2.16. The van der Waals surface area contributed by atoms with Gasteiger partial charge in [-0.3, -0.25) is 4.79 Å². The van der Waals surface area contributed by atoms with Crippen LogP contribution in [0.2, 0.25) is 0 Å². The number of hydrogen-bond acceptors (Lipinski definition) is 3. The van der Waals surface area contributed by atoms with Gasteiger partial charge in [-0.15, -0.1) is 0 Å². The molecule has 96 valence electrons. The highest BCUT2D eigenvalue weighted by Gasteiger charge is 2.16. The van der Waals surface area contributed by atoms with Crippen molar-refractivity contribution in [3.63, 3.8) is 0 Å². The second-order valence-electron chi connectivity index (χ2n) is 4.89. The number of amides is 1. The van der Waals surface area contributed by atoms with Gasteiger partial charge in [-0.2, -0.15) is 11.3 Å². The van der Waals surface area contributed by atoms with Crippen LogP contribution < -0.4 is 5.73 Å². The number of nitrogens with zero attached hydrogens (tertiary/aromatic N) is 1. The molecular formula is C13H22N2OS. The van der Waals surface area contributed by atoms with Crippen molar-refractivity contribution < 1.29 is 4.79 Å². The molecule has 0 radical (unpaired) electrons. The highest BCUT2D eigenvalue weighted by atomic mass is 32.1. The van der Waals surface area contributed by atoms with E-state index in [0.717, 1.165) is 17.5 Å². The Labute approximate surface area is 108 Å². The summed E-state index contributed by atoms with van der Waals surface area (Å²) in [5.41, 5.74) is 7.85. The van der Waals surface area contributed by atoms with Crippen LogP contribution in [0.3, 0.4) is 0 Å². The fraction of sp³-hybridized carbons (Fsp3) is 0.615. The summed E-state index contributed by atoms with van der Waals surface area (Å²) in [6.07, 6.45) is 0.850. The van der Waals surface area contributed by atoms with Crippen LogP contribution in [0.5, 0.6) is 0 Å². The molecule has 1 heterocycles. The highest BCUT2D eigenvalue weighted by molar-refractivity contribution is 7.08. The van der Waals surface area contributed by atoms with Gasteiger partial charge in [-0.1, -0.05) is 13.8 Å². The lowest BCUT2D eigenvalue weighted by Gasteiger charge is -2.21. The summed E-state index contributed by atoms with van der Waals surface area (Å²) < 4.78 is 0. The van der Waals surface area contributed by atoms with Crippen molar-refractivity contribution in [1.29, 1.82) is 0 Å². The van der Waals surface area contributed by atoms with Crippen LogP contribution in [0.15, 0.2) is 10.8 Å². The van der Waals surface area contributed by atoms with Gasteiger partial charge in [0, 0.05) is 25.0 Å². The van der Waals surface area contributed by atoms with Crippen LogP contribution in [-0.4, -0.2) is 30.4 Å². The molecule has 0 saturated heterocycles. The molecule has 0 aliphatic rings. The molecule has 0 fully saturated rings. The maximum Gasteiger partial charge on any atom is 0.254 e. The second-order valence-corrected chi connectivity index (χ2v) is 5.64. The molecule has 0 spiro atoms. The average Bonchev–Trinajstić information content (AvgIpc) is 2.70. The van der Waals surface area contributed by atoms with E-state index >= 15 is 0 Å². The summed E-state index contributed by atoms with van der Waals surface area (Å²) in [6.45, 7) is 6.90. The number of hydrogen-bond donors (Lipinski definition) is 1. The van der Waals surface area contributed by atoms with E-state index in [9.17, 15) is 4.79 Å². The fourth-order valence-corrected chi connectivity index (χ4v) is 2.38. The van der Waals surface area contributed by atoms with Gasteiger partial charge in [0.1, 0.15) is 0 Å². The molecule has 1 aromatic rings. The van der Waals surface area contributed by atoms with Gasteiger partial charge < -0.3 is 10.6 Å². The Kier molecular flexibility index (Phi) is 5.15. The van der Waals surface area contributed by atoms with Crippen molar-refractivity contribution in [2.45, 2.75) is 33.2 Å². The quantitative estimate of drug-likeness (QED) is 0.877. The summed E-state index contributed by atoms with van der Waals surface area (Å²) in [5, 5.41) is 3.91. The lowest BCUT2D eigenvalue weighted by Crippen LogP contribution is -2.34. The van der Waals surface area contributed by atoms with Crippen molar-refractivity contribution in [1.82, 2.24) is 4.90 Å². The molecule has 0 saturated carbocycles. The number of carbonyl (C=O) groups excluding carboxylic acids is 1. The minimum Gasteiger partial charge on any atom is -0.342 e. The van der Waals surface area contributed by atoms with Crippen LogP contribution in [0.4, 0.5) is 0 Å². The van der Waals surface area contributed by atoms with Gasteiger partial charge in [0.25, 0.3) is 5.91 Å². The Balaban J connectivity index is 2.51. The van der Waals surface area contributed by atoms with Crippen LogP contribution in [0, 0.1) is 12.8 Å². The molecule has 1 aromatic heterocycles. The zero-order valence-electron chi connectivity index (χ0n) is 11.1. The molecule has 1 unspecified atom stereocenters. The Morgan fingerprint density at radius 3 is 2.59 bits per heavy atom. The number of aryl methyl sites for hydroxylation is 1. The summed E-state index contributed by atoms with van der Waals surface area (Å²) in [4.78, 5) is 13.9. The largest absolute Gasteiger partial charge is 0.342 e. The van der Waals surface area contributed by atoms with E-state index in [4.69, 9.17) is 5.73 Å². The molecule has 1 amide bonds. The predicted molar refractivity (Wildman–Crippen MR) is 73.4 cm³/mol. The van der Waals surface area contributed by atoms with Crippen LogP contribution in [0.25, 0.3) is 0 Å². The minimum atomic E-state index is 0.0970. The number of carbonyl (C=O) groups is 1. The normalized spacial score (nSPS) is 12.8. The third-order valence-electron chi connectivity index (χ3n) is 3.09. The van der Waals surface area contributed by atoms with Crippen LogP contribution >= 0.6 is 11.3 Å². The number of nitrogens with two attached hydrogens (primary N) is 1. The maximum absolute atomic E-state index is 12.1. The van der Waals surface area contributed by atoms with Crippen molar-refractivity contribution in [3.8, 4) is 0 Å². The fourth-order valence-electron chi connectivity index (χ4n) is 1.56. The number of rotatable bonds is 5. The first kappa shape index (κ1) is 14.2. The van der Waals surface area contributed by atoms with Crippen molar-refractivity contribution in [2.24, 2.45) is 11.7 Å². The molecule has 4 heteroatoms. The van der Waals surface area contributed by atoms with Crippen molar-refractivity contribution in [3.05, 3.63) is 21.9 Å². The minimum absolute atomic E-state index is 0.0970. The van der Waals surface area contributed by atoms with E-state index in [1.165, 1.54) is 0 Å². The van der Waals surface area contributed by atoms with Gasteiger partial charge in [0.2, 0.25) is 0 Å². The molecule has 0 aliphatic carbocycles. The Bertz CT molecular complexity index is 373. The standard InChI is InChI=1S/C13H22N2OS/c1-9(2)12(14)5-6-15(4)13(16)11-8-17-7-10(11)3/h7-9,12H,5-6,14H2,1-4H3. The lowest BCUT2D eigenvalue weighted by molar-refractivity contribution is 0.0789. The summed E-state index contributed by atoms with van der Waals surface area (Å²) in [5.74, 6) is 0.557. The van der Waals surface area contributed by atoms with E-state index in [1.807, 2.05) is 24.7 Å². The summed E-state index contributed by atoms with van der Waals surface area (Å²) in [7, 11) is 1.84. The smallest absolute Gasteiger partial charge is 0.254 e. The first-order valence-electron chi connectivity index (χ1n) is 5.97. The van der Waals surface area contributed by atoms with E-state index < -0.39 is 0 Å². The summed E-state index contributed by atoms with van der Waals surface area (Å²) in [6, 6.07) is 0.161. The summed E-state index contributed by atoms with van der Waals surface area (Å²) >= 11 is 1.57. The molecule has 0 aliphatic heterocycles. The zero-order chi connectivity index (χ0) is 13.0. The zero-order valence-corrected chi connectivity index (χ0v) is 11.9. The van der Waals surface area contributed by atoms with Gasteiger partial charge in [0.15, 0.2) is 0 Å². The molecule has 3 nitrogen and oxygen atoms in total. The third kappa shape index (κ3) is 3.82. The Morgan fingerprint density at radius 1 is 1.47 bits per heavy atom. The molecule has 1 atom stereocenters. The van der Waals surface area contributed by atoms with Gasteiger partial charge in [-0.25, -0.2) is 0 Å². The van der Waals surface area contributed by atoms with Gasteiger partial charge >= 0.3 is 0 Å². The number of thiophene rings is 1. The van der Waals surface area contributed by atoms with Crippen LogP contribution in [0.1, 0.15) is 36.2 Å². The SMILES string of the molecule is Cc1cscc1C(=O)N(C)CCC(N)C(C)C. The topological polar surface area (TPSA) is 46.3 Å². The molecule has 1 rings (SSSR count). The monoisotopic (exact) mass is 254 g/mol. The molecule has 0 aromatic carbocycles. The van der Waals surface area contributed by atoms with E-state index in [-0.39, 0.29) is 11.9 Å². The maximum atomic E-state index is 12.1. The van der Waals surface area contributed by atoms with E-state index in [2.05, 4.69) is 13.8 Å². The van der Waals surface area contributed by atoms with Crippen LogP contribution in [-0.2, 0) is 0 Å². The molecule has 0 bridgehead atoms. The molecular weight excluding hydrogens is 232 g/mol. The molecule has 2 N–H and O–H groups in total. The van der Waals surface area contributed by atoms with E-state index in [0.29, 0.717) is 12.5 Å². The lowest BCUT2D eigenvalue weighted by atomic mass is 10.0. The third-order valence-corrected chi connectivity index (χ3v) is 3.95. The average molecular weight is 254 g/mol. The van der Waals surface area contributed by atoms with Crippen molar-refractivity contribution in [2.75, 3.05) is 13.6 Å². The first-order valence-corrected chi connectivity index (χ1v) is 6.91. The Morgan fingerprint density at radius 2 is 2.12 bits per heavy atom. The second kappa shape index (κ2) is 6.17. The van der Waals surface area contributed by atoms with Gasteiger partial charge in [0.05, 0.1) is 5.56 Å². The predicted octanol–water partition coefficient (Wildman–Crippen LogP) is 2.50. The van der Waals surface area contributed by atoms with E-state index in [1.54, 1.807) is 16.2 Å². The first-order chi connectivity index (χ1) is 7.93.